The van der Waals surface area contributed by atoms with Crippen molar-refractivity contribution in [2.75, 3.05) is 0 Å². The first-order valence-electron chi connectivity index (χ1n) is 6.03. The Balaban J connectivity index is 2.28. The minimum Gasteiger partial charge on any atom is -0.443 e. The van der Waals surface area contributed by atoms with E-state index in [2.05, 4.69) is 4.98 Å². The van der Waals surface area contributed by atoms with Crippen molar-refractivity contribution in [2.24, 2.45) is 0 Å². The third-order valence-electron chi connectivity index (χ3n) is 3.10. The summed E-state index contributed by atoms with van der Waals surface area (Å²) in [5.41, 5.74) is 2.49. The normalized spacial score (nSPS) is 11.1. The highest BCUT2D eigenvalue weighted by Gasteiger charge is 2.10. The first kappa shape index (κ1) is 11.7. The fourth-order valence-electron chi connectivity index (χ4n) is 2.26. The lowest BCUT2D eigenvalue weighted by Gasteiger charge is -2.05. The van der Waals surface area contributed by atoms with E-state index in [1.165, 1.54) is 6.92 Å². The highest BCUT2D eigenvalue weighted by Crippen LogP contribution is 2.29. The summed E-state index contributed by atoms with van der Waals surface area (Å²) in [7, 11) is 0. The van der Waals surface area contributed by atoms with Crippen molar-refractivity contribution >= 4 is 28.0 Å². The smallest absolute Gasteiger partial charge is 0.308 e. The average molecular weight is 255 g/mol. The van der Waals surface area contributed by atoms with Crippen LogP contribution in [0.4, 0.5) is 0 Å². The molecule has 0 amide bonds. The van der Waals surface area contributed by atoms with Gasteiger partial charge >= 0.3 is 5.97 Å². The van der Waals surface area contributed by atoms with Crippen LogP contribution in [0.1, 0.15) is 18.2 Å². The van der Waals surface area contributed by atoms with Crippen LogP contribution in [0.2, 0.25) is 0 Å². The Hall–Kier alpha value is -2.36. The molecule has 0 bridgehead atoms. The standard InChI is InChI=1S/C15H13NO3/c1-8-6-13-9(2)12-5-4-11(19-10(3)17)7-14(12)16-15(13)18-8/h4-7H,1-3H3. The molecular weight excluding hydrogens is 242 g/mol. The zero-order chi connectivity index (χ0) is 13.6. The molecule has 3 aromatic rings. The van der Waals surface area contributed by atoms with Gasteiger partial charge in [-0.05, 0) is 37.6 Å². The molecular formula is C15H13NO3. The minimum absolute atomic E-state index is 0.342. The van der Waals surface area contributed by atoms with E-state index in [0.29, 0.717) is 11.5 Å². The molecule has 2 aromatic heterocycles. The summed E-state index contributed by atoms with van der Waals surface area (Å²) in [5, 5.41) is 2.05. The molecule has 0 N–H and O–H groups in total. The zero-order valence-electron chi connectivity index (χ0n) is 11.0. The second kappa shape index (κ2) is 4.09. The number of hydrogen-bond donors (Lipinski definition) is 0. The Morgan fingerprint density at radius 2 is 2.00 bits per heavy atom. The molecule has 0 fully saturated rings. The molecule has 0 spiro atoms. The monoisotopic (exact) mass is 255 g/mol. The Morgan fingerprint density at radius 3 is 2.74 bits per heavy atom. The Labute approximate surface area is 110 Å². The Morgan fingerprint density at radius 1 is 1.21 bits per heavy atom. The lowest BCUT2D eigenvalue weighted by Crippen LogP contribution is -2.01. The molecule has 0 radical (unpaired) electrons. The number of pyridine rings is 1. The molecule has 0 saturated carbocycles. The van der Waals surface area contributed by atoms with Crippen LogP contribution in [-0.2, 0) is 4.79 Å². The molecule has 0 unspecified atom stereocenters. The molecule has 96 valence electrons. The summed E-state index contributed by atoms with van der Waals surface area (Å²) in [6.45, 7) is 5.31. The van der Waals surface area contributed by atoms with E-state index < -0.39 is 0 Å². The highest BCUT2D eigenvalue weighted by molar-refractivity contribution is 5.96. The molecule has 1 aromatic carbocycles. The van der Waals surface area contributed by atoms with Crippen LogP contribution in [-0.4, -0.2) is 11.0 Å². The summed E-state index contributed by atoms with van der Waals surface area (Å²) < 4.78 is 10.6. The first-order chi connectivity index (χ1) is 9.04. The van der Waals surface area contributed by atoms with Crippen molar-refractivity contribution in [3.8, 4) is 5.75 Å². The van der Waals surface area contributed by atoms with Gasteiger partial charge in [0, 0.05) is 23.8 Å². The summed E-state index contributed by atoms with van der Waals surface area (Å²) in [6, 6.07) is 7.42. The molecule has 0 saturated heterocycles. The van der Waals surface area contributed by atoms with Crippen LogP contribution in [0.5, 0.6) is 5.75 Å². The number of hydrogen-bond acceptors (Lipinski definition) is 4. The second-order valence-electron chi connectivity index (χ2n) is 4.59. The second-order valence-corrected chi connectivity index (χ2v) is 4.59. The molecule has 19 heavy (non-hydrogen) atoms. The number of fused-ring (bicyclic) bond motifs is 2. The van der Waals surface area contributed by atoms with Gasteiger partial charge in [-0.2, -0.15) is 0 Å². The molecule has 0 aliphatic rings. The van der Waals surface area contributed by atoms with Gasteiger partial charge in [0.05, 0.1) is 5.52 Å². The SMILES string of the molecule is CC(=O)Oc1ccc2c(C)c3cc(C)oc3nc2c1. The van der Waals surface area contributed by atoms with Crippen molar-refractivity contribution in [1.82, 2.24) is 4.98 Å². The van der Waals surface area contributed by atoms with Crippen molar-refractivity contribution < 1.29 is 13.9 Å². The van der Waals surface area contributed by atoms with Crippen molar-refractivity contribution in [3.05, 3.63) is 35.6 Å². The van der Waals surface area contributed by atoms with Crippen molar-refractivity contribution in [2.45, 2.75) is 20.8 Å². The van der Waals surface area contributed by atoms with Gasteiger partial charge in [-0.3, -0.25) is 4.79 Å². The first-order valence-corrected chi connectivity index (χ1v) is 6.03. The number of ether oxygens (including phenoxy) is 1. The lowest BCUT2D eigenvalue weighted by molar-refractivity contribution is -0.131. The number of carbonyl (C=O) groups is 1. The van der Waals surface area contributed by atoms with E-state index in [0.717, 1.165) is 27.6 Å². The maximum absolute atomic E-state index is 11.0. The van der Waals surface area contributed by atoms with Crippen LogP contribution >= 0.6 is 0 Å². The molecule has 2 heterocycles. The number of benzene rings is 1. The highest BCUT2D eigenvalue weighted by atomic mass is 16.5. The summed E-state index contributed by atoms with van der Waals surface area (Å²) in [6.07, 6.45) is 0. The number of aromatic nitrogens is 1. The molecule has 4 heteroatoms. The van der Waals surface area contributed by atoms with Crippen molar-refractivity contribution in [3.63, 3.8) is 0 Å². The Bertz CT molecular complexity index is 802. The predicted octanol–water partition coefficient (Wildman–Crippen LogP) is 3.52. The van der Waals surface area contributed by atoms with E-state index in [-0.39, 0.29) is 5.97 Å². The Kier molecular flexibility index (Phi) is 2.52. The number of nitrogens with zero attached hydrogens (tertiary/aromatic N) is 1. The van der Waals surface area contributed by atoms with Gasteiger partial charge in [-0.15, -0.1) is 0 Å². The number of carbonyl (C=O) groups excluding carboxylic acids is 1. The lowest BCUT2D eigenvalue weighted by atomic mass is 10.1. The topological polar surface area (TPSA) is 52.3 Å². The number of aryl methyl sites for hydroxylation is 2. The van der Waals surface area contributed by atoms with E-state index >= 15 is 0 Å². The van der Waals surface area contributed by atoms with Gasteiger partial charge in [0.25, 0.3) is 0 Å². The maximum Gasteiger partial charge on any atom is 0.308 e. The predicted molar refractivity (Wildman–Crippen MR) is 72.3 cm³/mol. The summed E-state index contributed by atoms with van der Waals surface area (Å²) >= 11 is 0. The fourth-order valence-corrected chi connectivity index (χ4v) is 2.26. The average Bonchev–Trinajstić information content (AvgIpc) is 2.69. The molecule has 0 aliphatic carbocycles. The molecule has 4 nitrogen and oxygen atoms in total. The number of esters is 1. The van der Waals surface area contributed by atoms with Crippen LogP contribution in [0, 0.1) is 13.8 Å². The van der Waals surface area contributed by atoms with E-state index in [9.17, 15) is 4.79 Å². The number of furan rings is 1. The quantitative estimate of drug-likeness (QED) is 0.493. The molecule has 3 rings (SSSR count). The third kappa shape index (κ3) is 1.95. The van der Waals surface area contributed by atoms with Crippen LogP contribution < -0.4 is 4.74 Å². The van der Waals surface area contributed by atoms with Crippen LogP contribution in [0.25, 0.3) is 22.0 Å². The van der Waals surface area contributed by atoms with E-state index in [4.69, 9.17) is 9.15 Å². The fraction of sp³-hybridized carbons (Fsp3) is 0.200. The number of rotatable bonds is 1. The van der Waals surface area contributed by atoms with Crippen LogP contribution in [0.3, 0.4) is 0 Å². The largest absolute Gasteiger partial charge is 0.443 e. The van der Waals surface area contributed by atoms with E-state index in [1.807, 2.05) is 26.0 Å². The van der Waals surface area contributed by atoms with E-state index in [1.54, 1.807) is 12.1 Å². The summed E-state index contributed by atoms with van der Waals surface area (Å²) in [5.74, 6) is 0.988. The van der Waals surface area contributed by atoms with Gasteiger partial charge in [0.15, 0.2) is 0 Å². The van der Waals surface area contributed by atoms with Crippen molar-refractivity contribution in [1.29, 1.82) is 0 Å². The van der Waals surface area contributed by atoms with Crippen LogP contribution in [0.15, 0.2) is 28.7 Å². The molecule has 0 aliphatic heterocycles. The van der Waals surface area contributed by atoms with Gasteiger partial charge in [-0.1, -0.05) is 0 Å². The van der Waals surface area contributed by atoms with Gasteiger partial charge in [-0.25, -0.2) is 4.98 Å². The zero-order valence-corrected chi connectivity index (χ0v) is 11.0. The van der Waals surface area contributed by atoms with Gasteiger partial charge in [0.2, 0.25) is 5.71 Å². The van der Waals surface area contributed by atoms with Gasteiger partial charge < -0.3 is 9.15 Å². The summed E-state index contributed by atoms with van der Waals surface area (Å²) in [4.78, 5) is 15.4. The molecule has 0 atom stereocenters. The minimum atomic E-state index is -0.342. The van der Waals surface area contributed by atoms with Gasteiger partial charge in [0.1, 0.15) is 11.5 Å². The maximum atomic E-state index is 11.0. The third-order valence-corrected chi connectivity index (χ3v) is 3.10.